The van der Waals surface area contributed by atoms with E-state index in [2.05, 4.69) is 23.5 Å². The second-order valence-corrected chi connectivity index (χ2v) is 5.52. The Bertz CT molecular complexity index is 153. The van der Waals surface area contributed by atoms with Crippen molar-refractivity contribution < 1.29 is 0 Å². The summed E-state index contributed by atoms with van der Waals surface area (Å²) in [6, 6.07) is 0.791. The van der Waals surface area contributed by atoms with E-state index < -0.39 is 0 Å². The summed E-state index contributed by atoms with van der Waals surface area (Å²) in [6.45, 7) is 3.68. The molecule has 0 aliphatic carbocycles. The molecule has 0 bridgehead atoms. The highest BCUT2D eigenvalue weighted by Crippen LogP contribution is 2.13. The summed E-state index contributed by atoms with van der Waals surface area (Å²) in [7, 11) is 2.26. The minimum atomic E-state index is 0.791. The van der Waals surface area contributed by atoms with Crippen LogP contribution in [0.4, 0.5) is 0 Å². The van der Waals surface area contributed by atoms with Gasteiger partial charge in [-0.15, -0.1) is 0 Å². The van der Waals surface area contributed by atoms with Gasteiger partial charge in [0.25, 0.3) is 0 Å². The van der Waals surface area contributed by atoms with Gasteiger partial charge in [-0.2, -0.15) is 11.8 Å². The van der Waals surface area contributed by atoms with Crippen LogP contribution in [-0.4, -0.2) is 49.6 Å². The molecule has 15 heavy (non-hydrogen) atoms. The molecule has 1 saturated heterocycles. The fraction of sp³-hybridized carbons (Fsp3) is 1.00. The van der Waals surface area contributed by atoms with Gasteiger partial charge in [-0.1, -0.05) is 6.42 Å². The molecule has 0 spiro atoms. The number of hydrogen-bond acceptors (Lipinski definition) is 3. The maximum absolute atomic E-state index is 3.59. The number of nitrogens with one attached hydrogen (secondary N) is 1. The lowest BCUT2D eigenvalue weighted by Gasteiger charge is -2.32. The summed E-state index contributed by atoms with van der Waals surface area (Å²) in [5.41, 5.74) is 0. The molecular formula is C12H26N2S. The monoisotopic (exact) mass is 230 g/mol. The number of thioether (sulfide) groups is 1. The van der Waals surface area contributed by atoms with E-state index >= 15 is 0 Å². The van der Waals surface area contributed by atoms with Gasteiger partial charge < -0.3 is 10.2 Å². The Labute approximate surface area is 99.2 Å². The van der Waals surface area contributed by atoms with Gasteiger partial charge in [0.05, 0.1) is 0 Å². The van der Waals surface area contributed by atoms with Gasteiger partial charge in [-0.25, -0.2) is 0 Å². The summed E-state index contributed by atoms with van der Waals surface area (Å²) in [5, 5.41) is 3.59. The molecule has 0 amide bonds. The summed E-state index contributed by atoms with van der Waals surface area (Å²) < 4.78 is 0. The summed E-state index contributed by atoms with van der Waals surface area (Å²) in [4.78, 5) is 2.51. The number of unbranched alkanes of at least 4 members (excludes halogenated alkanes) is 1. The molecule has 1 atom stereocenters. The van der Waals surface area contributed by atoms with Crippen LogP contribution >= 0.6 is 11.8 Å². The van der Waals surface area contributed by atoms with Crippen molar-refractivity contribution in [1.29, 1.82) is 0 Å². The number of likely N-dealkylation sites (tertiary alicyclic amines) is 1. The summed E-state index contributed by atoms with van der Waals surface area (Å²) in [5.74, 6) is 1.31. The van der Waals surface area contributed by atoms with E-state index in [0.29, 0.717) is 0 Å². The highest BCUT2D eigenvalue weighted by atomic mass is 32.2. The molecule has 1 fully saturated rings. The zero-order valence-electron chi connectivity index (χ0n) is 10.3. The Morgan fingerprint density at radius 3 is 2.93 bits per heavy atom. The predicted octanol–water partition coefficient (Wildman–Crippen LogP) is 2.20. The van der Waals surface area contributed by atoms with E-state index in [9.17, 15) is 0 Å². The van der Waals surface area contributed by atoms with Crippen molar-refractivity contribution in [3.8, 4) is 0 Å². The Balaban J connectivity index is 1.94. The van der Waals surface area contributed by atoms with Crippen LogP contribution in [0.5, 0.6) is 0 Å². The quantitative estimate of drug-likeness (QED) is 0.675. The molecule has 1 unspecified atom stereocenters. The number of likely N-dealkylation sites (N-methyl/N-ethyl adjacent to an activating group) is 1. The van der Waals surface area contributed by atoms with Crippen LogP contribution in [0.3, 0.4) is 0 Å². The van der Waals surface area contributed by atoms with Crippen molar-refractivity contribution in [2.75, 3.05) is 38.7 Å². The van der Waals surface area contributed by atoms with E-state index in [1.54, 1.807) is 0 Å². The third-order valence-electron chi connectivity index (χ3n) is 3.25. The van der Waals surface area contributed by atoms with Gasteiger partial charge in [0, 0.05) is 12.6 Å². The molecule has 1 rings (SSSR count). The molecule has 0 aromatic heterocycles. The standard InChI is InChI=1S/C12H26N2S/c1-14-9-5-3-7-12(14)11-13-8-4-6-10-15-2/h12-13H,3-11H2,1-2H3. The van der Waals surface area contributed by atoms with Gasteiger partial charge in [0.2, 0.25) is 0 Å². The van der Waals surface area contributed by atoms with Crippen molar-refractivity contribution in [2.45, 2.75) is 38.1 Å². The van der Waals surface area contributed by atoms with Crippen molar-refractivity contribution >= 4 is 11.8 Å². The molecule has 1 heterocycles. The fourth-order valence-corrected chi connectivity index (χ4v) is 2.66. The Kier molecular flexibility index (Phi) is 7.49. The van der Waals surface area contributed by atoms with Crippen LogP contribution < -0.4 is 5.32 Å². The second-order valence-electron chi connectivity index (χ2n) is 4.53. The maximum atomic E-state index is 3.59. The van der Waals surface area contributed by atoms with E-state index in [1.807, 2.05) is 11.8 Å². The molecule has 0 radical (unpaired) electrons. The van der Waals surface area contributed by atoms with Crippen LogP contribution in [0.15, 0.2) is 0 Å². The minimum Gasteiger partial charge on any atom is -0.315 e. The molecule has 1 N–H and O–H groups in total. The normalized spacial score (nSPS) is 23.2. The van der Waals surface area contributed by atoms with E-state index in [0.717, 1.165) is 6.04 Å². The highest BCUT2D eigenvalue weighted by Gasteiger charge is 2.17. The molecule has 90 valence electrons. The van der Waals surface area contributed by atoms with Crippen molar-refractivity contribution in [3.05, 3.63) is 0 Å². The van der Waals surface area contributed by atoms with Crippen molar-refractivity contribution in [2.24, 2.45) is 0 Å². The first-order valence-corrected chi connectivity index (χ1v) is 7.64. The zero-order valence-corrected chi connectivity index (χ0v) is 11.1. The average molecular weight is 230 g/mol. The first-order chi connectivity index (χ1) is 7.34. The van der Waals surface area contributed by atoms with Crippen LogP contribution in [0, 0.1) is 0 Å². The molecule has 0 saturated carbocycles. The summed E-state index contributed by atoms with van der Waals surface area (Å²) in [6.07, 6.45) is 9.06. The van der Waals surface area contributed by atoms with E-state index in [-0.39, 0.29) is 0 Å². The molecule has 0 aromatic carbocycles. The summed E-state index contributed by atoms with van der Waals surface area (Å²) >= 11 is 1.95. The first-order valence-electron chi connectivity index (χ1n) is 6.24. The van der Waals surface area contributed by atoms with E-state index in [4.69, 9.17) is 0 Å². The largest absolute Gasteiger partial charge is 0.315 e. The van der Waals surface area contributed by atoms with Crippen molar-refractivity contribution in [1.82, 2.24) is 10.2 Å². The maximum Gasteiger partial charge on any atom is 0.0217 e. The van der Waals surface area contributed by atoms with E-state index in [1.165, 1.54) is 57.5 Å². The smallest absolute Gasteiger partial charge is 0.0217 e. The zero-order chi connectivity index (χ0) is 10.9. The van der Waals surface area contributed by atoms with Gasteiger partial charge in [0.1, 0.15) is 0 Å². The Morgan fingerprint density at radius 1 is 1.33 bits per heavy atom. The van der Waals surface area contributed by atoms with Crippen LogP contribution in [0.1, 0.15) is 32.1 Å². The number of piperidine rings is 1. The third-order valence-corrected chi connectivity index (χ3v) is 3.95. The third kappa shape index (κ3) is 5.79. The van der Waals surface area contributed by atoms with Gasteiger partial charge >= 0.3 is 0 Å². The Hall–Kier alpha value is 0.270. The van der Waals surface area contributed by atoms with Gasteiger partial charge in [-0.3, -0.25) is 0 Å². The SMILES string of the molecule is CSCCCCNCC1CCCCN1C. The van der Waals surface area contributed by atoms with Gasteiger partial charge in [-0.05, 0) is 57.8 Å². The van der Waals surface area contributed by atoms with Crippen LogP contribution in [0.25, 0.3) is 0 Å². The molecule has 2 nitrogen and oxygen atoms in total. The fourth-order valence-electron chi connectivity index (χ4n) is 2.17. The Morgan fingerprint density at radius 2 is 2.20 bits per heavy atom. The minimum absolute atomic E-state index is 0.791. The molecule has 3 heteroatoms. The first kappa shape index (κ1) is 13.3. The molecule has 0 aromatic rings. The lowest BCUT2D eigenvalue weighted by molar-refractivity contribution is 0.182. The average Bonchev–Trinajstić information content (AvgIpc) is 2.25. The number of nitrogens with zero attached hydrogens (tertiary/aromatic N) is 1. The molecular weight excluding hydrogens is 204 g/mol. The lowest BCUT2D eigenvalue weighted by atomic mass is 10.0. The highest BCUT2D eigenvalue weighted by molar-refractivity contribution is 7.98. The van der Waals surface area contributed by atoms with Crippen LogP contribution in [0.2, 0.25) is 0 Å². The topological polar surface area (TPSA) is 15.3 Å². The van der Waals surface area contributed by atoms with Crippen molar-refractivity contribution in [3.63, 3.8) is 0 Å². The number of hydrogen-bond donors (Lipinski definition) is 1. The second kappa shape index (κ2) is 8.43. The van der Waals surface area contributed by atoms with Gasteiger partial charge in [0.15, 0.2) is 0 Å². The van der Waals surface area contributed by atoms with Crippen LogP contribution in [-0.2, 0) is 0 Å². The molecule has 1 aliphatic rings. The lowest BCUT2D eigenvalue weighted by Crippen LogP contribution is -2.43. The molecule has 1 aliphatic heterocycles. The number of rotatable bonds is 7. The predicted molar refractivity (Wildman–Crippen MR) is 70.8 cm³/mol.